The van der Waals surface area contributed by atoms with Crippen molar-refractivity contribution in [1.29, 1.82) is 0 Å². The number of hydrogen-bond acceptors (Lipinski definition) is 1. The van der Waals surface area contributed by atoms with Crippen molar-refractivity contribution < 1.29 is 26.3 Å². The van der Waals surface area contributed by atoms with Crippen LogP contribution >= 0.6 is 0 Å². The van der Waals surface area contributed by atoms with Gasteiger partial charge in [0.05, 0.1) is 0 Å². The molecular weight excluding hydrogens is 260 g/mol. The highest BCUT2D eigenvalue weighted by atomic mass is 19.4. The molecule has 1 aliphatic carbocycles. The molecule has 1 aromatic rings. The van der Waals surface area contributed by atoms with E-state index in [1.54, 1.807) is 0 Å². The van der Waals surface area contributed by atoms with Crippen molar-refractivity contribution in [3.63, 3.8) is 0 Å². The van der Waals surface area contributed by atoms with Crippen LogP contribution in [0, 0.1) is 0 Å². The Balaban J connectivity index is 2.56. The molecule has 0 fully saturated rings. The summed E-state index contributed by atoms with van der Waals surface area (Å²) in [6.07, 6.45) is -6.74. The Kier molecular flexibility index (Phi) is 2.50. The SMILES string of the molecule is CC1(c2cc(C(F)(F)F)nc(C(F)(F)F)c2)C=C1. The van der Waals surface area contributed by atoms with Gasteiger partial charge in [0.2, 0.25) is 0 Å². The van der Waals surface area contributed by atoms with Crippen molar-refractivity contribution in [2.45, 2.75) is 24.7 Å². The third-order valence-electron chi connectivity index (χ3n) is 2.69. The molecule has 1 aliphatic rings. The topological polar surface area (TPSA) is 12.9 Å². The summed E-state index contributed by atoms with van der Waals surface area (Å²) in [7, 11) is 0. The van der Waals surface area contributed by atoms with Crippen LogP contribution in [0.1, 0.15) is 23.9 Å². The van der Waals surface area contributed by atoms with Crippen molar-refractivity contribution in [2.24, 2.45) is 0 Å². The third kappa shape index (κ3) is 2.34. The van der Waals surface area contributed by atoms with Gasteiger partial charge >= 0.3 is 12.4 Å². The molecule has 18 heavy (non-hydrogen) atoms. The Morgan fingerprint density at radius 1 is 0.889 bits per heavy atom. The lowest BCUT2D eigenvalue weighted by Crippen LogP contribution is -2.17. The molecule has 0 radical (unpaired) electrons. The van der Waals surface area contributed by atoms with Gasteiger partial charge in [0.1, 0.15) is 11.4 Å². The second kappa shape index (κ2) is 3.49. The predicted molar refractivity (Wildman–Crippen MR) is 50.7 cm³/mol. The Morgan fingerprint density at radius 2 is 1.28 bits per heavy atom. The molecule has 0 saturated carbocycles. The van der Waals surface area contributed by atoms with E-state index in [0.29, 0.717) is 12.1 Å². The van der Waals surface area contributed by atoms with Crippen molar-refractivity contribution >= 4 is 0 Å². The minimum absolute atomic E-state index is 0.0582. The second-order valence-corrected chi connectivity index (χ2v) is 4.24. The second-order valence-electron chi connectivity index (χ2n) is 4.24. The summed E-state index contributed by atoms with van der Waals surface area (Å²) < 4.78 is 75.0. The van der Waals surface area contributed by atoms with Gasteiger partial charge in [-0.25, -0.2) is 4.98 Å². The van der Waals surface area contributed by atoms with Crippen LogP contribution in [0.25, 0.3) is 0 Å². The molecule has 1 nitrogen and oxygen atoms in total. The molecule has 1 heterocycles. The fraction of sp³-hybridized carbons (Fsp3) is 0.364. The minimum atomic E-state index is -4.90. The van der Waals surface area contributed by atoms with Crippen molar-refractivity contribution in [2.75, 3.05) is 0 Å². The summed E-state index contributed by atoms with van der Waals surface area (Å²) in [6, 6.07) is 1.30. The van der Waals surface area contributed by atoms with Gasteiger partial charge in [0.15, 0.2) is 0 Å². The molecule has 0 aliphatic heterocycles. The first-order chi connectivity index (χ1) is 8.02. The van der Waals surface area contributed by atoms with Gasteiger partial charge in [-0.2, -0.15) is 26.3 Å². The number of allylic oxidation sites excluding steroid dienone is 2. The Bertz CT molecular complexity index is 439. The van der Waals surface area contributed by atoms with Gasteiger partial charge in [0.25, 0.3) is 0 Å². The number of nitrogens with zero attached hydrogens (tertiary/aromatic N) is 1. The maximum absolute atomic E-state index is 12.5. The smallest absolute Gasteiger partial charge is 0.239 e. The third-order valence-corrected chi connectivity index (χ3v) is 2.69. The number of halogens is 6. The molecule has 0 amide bonds. The number of aromatic nitrogens is 1. The van der Waals surface area contributed by atoms with E-state index < -0.39 is 29.2 Å². The van der Waals surface area contributed by atoms with Gasteiger partial charge in [0, 0.05) is 5.41 Å². The maximum atomic E-state index is 12.5. The normalized spacial score (nSPS) is 17.9. The standard InChI is InChI=1S/C11H7F6N/c1-9(2-3-9)6-4-7(10(12,13)14)18-8(5-6)11(15,16)17/h2-5H,1H3. The average Bonchev–Trinajstić information content (AvgIpc) is 2.95. The summed E-state index contributed by atoms with van der Waals surface area (Å²) in [5, 5.41) is 0. The number of rotatable bonds is 1. The Hall–Kier alpha value is -1.53. The highest BCUT2D eigenvalue weighted by molar-refractivity contribution is 5.47. The first-order valence-corrected chi connectivity index (χ1v) is 4.90. The monoisotopic (exact) mass is 267 g/mol. The number of alkyl halides is 6. The zero-order valence-corrected chi connectivity index (χ0v) is 9.02. The summed E-state index contributed by atoms with van der Waals surface area (Å²) in [5.74, 6) is 0. The highest BCUT2D eigenvalue weighted by Gasteiger charge is 2.41. The van der Waals surface area contributed by atoms with Crippen LogP contribution in [0.5, 0.6) is 0 Å². The first-order valence-electron chi connectivity index (χ1n) is 4.90. The summed E-state index contributed by atoms with van der Waals surface area (Å²) in [5.41, 5.74) is -3.94. The molecule has 1 aromatic heterocycles. The summed E-state index contributed by atoms with van der Waals surface area (Å²) in [4.78, 5) is 2.64. The van der Waals surface area contributed by atoms with Gasteiger partial charge in [-0.1, -0.05) is 12.2 Å². The van der Waals surface area contributed by atoms with E-state index in [2.05, 4.69) is 4.98 Å². The highest BCUT2D eigenvalue weighted by Crippen LogP contribution is 2.42. The number of pyridine rings is 1. The molecule has 0 atom stereocenters. The molecule has 0 bridgehead atoms. The average molecular weight is 267 g/mol. The molecule has 0 aromatic carbocycles. The molecule has 2 rings (SSSR count). The van der Waals surface area contributed by atoms with Crippen LogP contribution in [-0.4, -0.2) is 4.98 Å². The summed E-state index contributed by atoms with van der Waals surface area (Å²) >= 11 is 0. The minimum Gasteiger partial charge on any atom is -0.239 e. The zero-order chi connectivity index (χ0) is 13.8. The van der Waals surface area contributed by atoms with E-state index in [4.69, 9.17) is 0 Å². The van der Waals surface area contributed by atoms with Gasteiger partial charge in [-0.05, 0) is 24.6 Å². The zero-order valence-electron chi connectivity index (χ0n) is 9.02. The molecule has 0 spiro atoms. The van der Waals surface area contributed by atoms with Gasteiger partial charge in [-0.15, -0.1) is 0 Å². The van der Waals surface area contributed by atoms with E-state index in [-0.39, 0.29) is 5.56 Å². The van der Waals surface area contributed by atoms with Crippen LogP contribution in [0.4, 0.5) is 26.3 Å². The van der Waals surface area contributed by atoms with Gasteiger partial charge in [-0.3, -0.25) is 0 Å². The van der Waals surface area contributed by atoms with Crippen molar-refractivity contribution in [3.8, 4) is 0 Å². The van der Waals surface area contributed by atoms with Crippen LogP contribution < -0.4 is 0 Å². The fourth-order valence-electron chi connectivity index (χ4n) is 1.45. The maximum Gasteiger partial charge on any atom is 0.433 e. The van der Waals surface area contributed by atoms with E-state index in [1.165, 1.54) is 19.1 Å². The van der Waals surface area contributed by atoms with Crippen molar-refractivity contribution in [3.05, 3.63) is 41.2 Å². The quantitative estimate of drug-likeness (QED) is 0.554. The van der Waals surface area contributed by atoms with E-state index in [0.717, 1.165) is 0 Å². The van der Waals surface area contributed by atoms with E-state index in [9.17, 15) is 26.3 Å². The molecular formula is C11H7F6N. The Morgan fingerprint density at radius 3 is 1.56 bits per heavy atom. The lowest BCUT2D eigenvalue weighted by atomic mass is 9.95. The van der Waals surface area contributed by atoms with Gasteiger partial charge < -0.3 is 0 Å². The Labute approximate surface area is 98.1 Å². The van der Waals surface area contributed by atoms with Crippen LogP contribution in [0.2, 0.25) is 0 Å². The van der Waals surface area contributed by atoms with Crippen molar-refractivity contribution in [1.82, 2.24) is 4.98 Å². The lowest BCUT2D eigenvalue weighted by Gasteiger charge is -2.16. The predicted octanol–water partition coefficient (Wildman–Crippen LogP) is 3.95. The van der Waals surface area contributed by atoms with Crippen LogP contribution in [-0.2, 0) is 17.8 Å². The molecule has 7 heteroatoms. The van der Waals surface area contributed by atoms with Crippen LogP contribution in [0.15, 0.2) is 24.3 Å². The van der Waals surface area contributed by atoms with E-state index >= 15 is 0 Å². The molecule has 0 unspecified atom stereocenters. The molecule has 0 saturated heterocycles. The molecule has 98 valence electrons. The number of hydrogen-bond donors (Lipinski definition) is 0. The first kappa shape index (κ1) is 12.9. The van der Waals surface area contributed by atoms with Crippen LogP contribution in [0.3, 0.4) is 0 Å². The summed E-state index contributed by atoms with van der Waals surface area (Å²) in [6.45, 7) is 1.53. The lowest BCUT2D eigenvalue weighted by molar-refractivity contribution is -0.150. The van der Waals surface area contributed by atoms with E-state index in [1.807, 2.05) is 0 Å². The fourth-order valence-corrected chi connectivity index (χ4v) is 1.45. The molecule has 0 N–H and O–H groups in total. The largest absolute Gasteiger partial charge is 0.433 e.